The Morgan fingerprint density at radius 3 is 2.47 bits per heavy atom. The number of carboxylic acid groups (broad SMARTS) is 1. The van der Waals surface area contributed by atoms with Gasteiger partial charge in [0.1, 0.15) is 11.6 Å². The number of ether oxygens (including phenoxy) is 1. The lowest BCUT2D eigenvalue weighted by molar-refractivity contribution is -0.118. The number of nitrogens with zero attached hydrogens (tertiary/aromatic N) is 1. The van der Waals surface area contributed by atoms with Gasteiger partial charge in [0.15, 0.2) is 12.4 Å². The van der Waals surface area contributed by atoms with Crippen LogP contribution in [0.4, 0.5) is 10.1 Å². The number of aromatic carboxylic acids is 1. The van der Waals surface area contributed by atoms with E-state index in [4.69, 9.17) is 38.3 Å². The number of amides is 1. The van der Waals surface area contributed by atoms with Crippen LogP contribution in [0.15, 0.2) is 48.5 Å². The summed E-state index contributed by atoms with van der Waals surface area (Å²) in [5.74, 6) is -3.54. The van der Waals surface area contributed by atoms with E-state index in [9.17, 15) is 18.8 Å². The summed E-state index contributed by atoms with van der Waals surface area (Å²) in [5, 5.41) is 21.0. The van der Waals surface area contributed by atoms with Crippen LogP contribution in [0, 0.1) is 24.1 Å². The molecule has 1 amide bonds. The van der Waals surface area contributed by atoms with Crippen molar-refractivity contribution in [3.8, 4) is 11.8 Å². The molecule has 0 fully saturated rings. The molecule has 0 heterocycles. The molecule has 0 aliphatic carbocycles. The number of carbonyl (C=O) groups excluding carboxylic acids is 2. The molecular weight excluding hydrogens is 486 g/mol. The predicted molar refractivity (Wildman–Crippen MR) is 123 cm³/mol. The Hall–Kier alpha value is -3.93. The minimum atomic E-state index is -1.43. The van der Waals surface area contributed by atoms with Gasteiger partial charge < -0.3 is 15.2 Å². The number of nitriles is 1. The van der Waals surface area contributed by atoms with Gasteiger partial charge in [-0.3, -0.25) is 9.59 Å². The van der Waals surface area contributed by atoms with Gasteiger partial charge in [-0.2, -0.15) is 5.26 Å². The smallest absolute Gasteiger partial charge is 0.338 e. The maximum Gasteiger partial charge on any atom is 0.338 e. The van der Waals surface area contributed by atoms with Crippen molar-refractivity contribution >= 4 is 46.5 Å². The van der Waals surface area contributed by atoms with E-state index in [2.05, 4.69) is 5.32 Å². The summed E-state index contributed by atoms with van der Waals surface area (Å²) in [4.78, 5) is 36.4. The van der Waals surface area contributed by atoms with E-state index >= 15 is 0 Å². The topological polar surface area (TPSA) is 116 Å². The highest BCUT2D eigenvalue weighted by molar-refractivity contribution is 6.32. The molecule has 10 heteroatoms. The van der Waals surface area contributed by atoms with Crippen molar-refractivity contribution < 1.29 is 28.6 Å². The van der Waals surface area contributed by atoms with Gasteiger partial charge in [0.25, 0.3) is 5.91 Å². The Kier molecular flexibility index (Phi) is 7.51. The molecule has 2 N–H and O–H groups in total. The second-order valence-corrected chi connectivity index (χ2v) is 7.92. The average molecular weight is 501 g/mol. The Labute approximate surface area is 203 Å². The number of anilines is 1. The van der Waals surface area contributed by atoms with Gasteiger partial charge in [0.05, 0.1) is 22.8 Å². The van der Waals surface area contributed by atoms with E-state index < -0.39 is 35.6 Å². The minimum absolute atomic E-state index is 0.0412. The number of nitrogens with one attached hydrogen (secondary N) is 1. The number of carbonyl (C=O) groups is 3. The van der Waals surface area contributed by atoms with Gasteiger partial charge in [0, 0.05) is 26.9 Å². The fraction of sp³-hybridized carbons (Fsp3) is 0.0833. The first-order valence-corrected chi connectivity index (χ1v) is 10.4. The third kappa shape index (κ3) is 5.52. The molecule has 0 bridgehead atoms. The minimum Gasteiger partial charge on any atom is -0.483 e. The number of hydrogen-bond acceptors (Lipinski definition) is 5. The highest BCUT2D eigenvalue weighted by atomic mass is 35.5. The van der Waals surface area contributed by atoms with Crippen LogP contribution in [0.2, 0.25) is 10.0 Å². The van der Waals surface area contributed by atoms with Crippen molar-refractivity contribution in [1.29, 1.82) is 5.26 Å². The number of halogens is 3. The van der Waals surface area contributed by atoms with Crippen LogP contribution in [0.1, 0.15) is 37.4 Å². The maximum atomic E-state index is 14.2. The van der Waals surface area contributed by atoms with Gasteiger partial charge >= 0.3 is 5.97 Å². The molecule has 172 valence electrons. The third-order valence-electron chi connectivity index (χ3n) is 4.72. The molecule has 0 spiro atoms. The highest BCUT2D eigenvalue weighted by Crippen LogP contribution is 2.27. The molecule has 3 aromatic rings. The van der Waals surface area contributed by atoms with Crippen molar-refractivity contribution in [3.63, 3.8) is 0 Å². The zero-order valence-corrected chi connectivity index (χ0v) is 19.0. The molecule has 0 saturated heterocycles. The first kappa shape index (κ1) is 24.7. The second-order valence-electron chi connectivity index (χ2n) is 7.05. The number of carboxylic acids is 1. The lowest BCUT2D eigenvalue weighted by Crippen LogP contribution is -2.22. The van der Waals surface area contributed by atoms with E-state index in [1.807, 2.05) is 6.07 Å². The normalized spacial score (nSPS) is 10.3. The first-order chi connectivity index (χ1) is 16.1. The SMILES string of the molecule is Cc1c(NC(=O)COc2ccc(Cl)cc2C(=O)c2cc(Cl)cc(C#N)c2)ccc(C(=O)O)c1F. The van der Waals surface area contributed by atoms with Crippen LogP contribution < -0.4 is 10.1 Å². The molecule has 34 heavy (non-hydrogen) atoms. The quantitative estimate of drug-likeness (QED) is 0.427. The van der Waals surface area contributed by atoms with E-state index in [1.54, 1.807) is 0 Å². The summed E-state index contributed by atoms with van der Waals surface area (Å²) >= 11 is 12.0. The van der Waals surface area contributed by atoms with Crippen molar-refractivity contribution in [2.45, 2.75) is 6.92 Å². The predicted octanol–water partition coefficient (Wildman–Crippen LogP) is 5.26. The Balaban J connectivity index is 1.80. The maximum absolute atomic E-state index is 14.2. The molecule has 0 unspecified atom stereocenters. The molecule has 3 aromatic carbocycles. The van der Waals surface area contributed by atoms with Gasteiger partial charge in [0.2, 0.25) is 0 Å². The Morgan fingerprint density at radius 2 is 1.79 bits per heavy atom. The van der Waals surface area contributed by atoms with Crippen LogP contribution >= 0.6 is 23.2 Å². The van der Waals surface area contributed by atoms with E-state index in [0.717, 1.165) is 6.07 Å². The summed E-state index contributed by atoms with van der Waals surface area (Å²) in [6.45, 7) is 0.789. The second kappa shape index (κ2) is 10.3. The van der Waals surface area contributed by atoms with Gasteiger partial charge in [-0.15, -0.1) is 0 Å². The molecule has 0 aromatic heterocycles. The van der Waals surface area contributed by atoms with Crippen LogP contribution in [0.5, 0.6) is 5.75 Å². The van der Waals surface area contributed by atoms with Gasteiger partial charge in [-0.1, -0.05) is 23.2 Å². The van der Waals surface area contributed by atoms with Crippen LogP contribution in [0.3, 0.4) is 0 Å². The van der Waals surface area contributed by atoms with Crippen molar-refractivity contribution in [3.05, 3.63) is 92.2 Å². The Bertz CT molecular complexity index is 1370. The molecule has 7 nitrogen and oxygen atoms in total. The molecule has 0 atom stereocenters. The molecular formula is C24H15Cl2FN2O5. The lowest BCUT2D eigenvalue weighted by Gasteiger charge is -2.13. The fourth-order valence-corrected chi connectivity index (χ4v) is 3.47. The summed E-state index contributed by atoms with van der Waals surface area (Å²) in [7, 11) is 0. The Morgan fingerprint density at radius 1 is 1.06 bits per heavy atom. The number of benzene rings is 3. The number of ketones is 1. The van der Waals surface area contributed by atoms with E-state index in [0.29, 0.717) is 0 Å². The highest BCUT2D eigenvalue weighted by Gasteiger charge is 2.19. The summed E-state index contributed by atoms with van der Waals surface area (Å²) < 4.78 is 19.7. The van der Waals surface area contributed by atoms with Crippen LogP contribution in [0.25, 0.3) is 0 Å². The number of rotatable bonds is 7. The van der Waals surface area contributed by atoms with Gasteiger partial charge in [-0.25, -0.2) is 9.18 Å². The van der Waals surface area contributed by atoms with E-state index in [-0.39, 0.29) is 43.7 Å². The van der Waals surface area contributed by atoms with Crippen molar-refractivity contribution in [2.75, 3.05) is 11.9 Å². The number of hydrogen-bond donors (Lipinski definition) is 2. The molecule has 0 aliphatic heterocycles. The molecule has 0 saturated carbocycles. The largest absolute Gasteiger partial charge is 0.483 e. The van der Waals surface area contributed by atoms with Crippen LogP contribution in [-0.2, 0) is 4.79 Å². The standard InChI is InChI=1S/C24H15Cl2FN2O5/c1-12-19(4-3-17(22(12)27)24(32)33)29-21(30)11-34-20-5-2-15(25)9-18(20)23(31)14-6-13(10-28)7-16(26)8-14/h2-9H,11H2,1H3,(H,29,30)(H,32,33). The monoisotopic (exact) mass is 500 g/mol. The molecule has 0 radical (unpaired) electrons. The average Bonchev–Trinajstić information content (AvgIpc) is 2.80. The van der Waals surface area contributed by atoms with E-state index in [1.165, 1.54) is 49.4 Å². The molecule has 3 rings (SSSR count). The summed E-state index contributed by atoms with van der Waals surface area (Å²) in [6, 6.07) is 12.6. The third-order valence-corrected chi connectivity index (χ3v) is 5.18. The first-order valence-electron chi connectivity index (χ1n) is 9.60. The van der Waals surface area contributed by atoms with Crippen molar-refractivity contribution in [2.24, 2.45) is 0 Å². The fourth-order valence-electron chi connectivity index (χ4n) is 3.06. The van der Waals surface area contributed by atoms with Gasteiger partial charge in [-0.05, 0) is 55.5 Å². The summed E-state index contributed by atoms with van der Waals surface area (Å²) in [6.07, 6.45) is 0. The lowest BCUT2D eigenvalue weighted by atomic mass is 10.0. The zero-order chi connectivity index (χ0) is 25.0. The molecule has 0 aliphatic rings. The summed E-state index contributed by atoms with van der Waals surface area (Å²) in [5.41, 5.74) is -0.131. The zero-order valence-electron chi connectivity index (χ0n) is 17.5. The van der Waals surface area contributed by atoms with Crippen molar-refractivity contribution in [1.82, 2.24) is 0 Å². The van der Waals surface area contributed by atoms with Crippen LogP contribution in [-0.4, -0.2) is 29.4 Å².